The topological polar surface area (TPSA) is 74.2 Å². The Morgan fingerprint density at radius 2 is 1.71 bits per heavy atom. The second-order valence-electron chi connectivity index (χ2n) is 5.34. The number of rotatable bonds is 4. The van der Waals surface area contributed by atoms with Crippen molar-refractivity contribution in [3.05, 3.63) is 41.5 Å². The van der Waals surface area contributed by atoms with E-state index in [1.54, 1.807) is 30.3 Å². The molecule has 2 aromatic rings. The maximum atomic E-state index is 12.7. The second kappa shape index (κ2) is 6.31. The highest BCUT2D eigenvalue weighted by molar-refractivity contribution is 6.04. The summed E-state index contributed by atoms with van der Waals surface area (Å²) < 4.78 is 22.0. The zero-order chi connectivity index (χ0) is 17.3. The monoisotopic (exact) mass is 330 g/mol. The van der Waals surface area contributed by atoms with Crippen LogP contribution in [-0.4, -0.2) is 32.2 Å². The summed E-state index contributed by atoms with van der Waals surface area (Å²) >= 11 is 0. The minimum Gasteiger partial charge on any atom is -0.508 e. The summed E-state index contributed by atoms with van der Waals surface area (Å²) in [7, 11) is 4.46. The molecule has 126 valence electrons. The molecule has 0 saturated heterocycles. The Labute approximate surface area is 139 Å². The number of hydrogen-bond donors (Lipinski definition) is 1. The van der Waals surface area contributed by atoms with Crippen LogP contribution in [0.3, 0.4) is 0 Å². The Kier molecular flexibility index (Phi) is 4.20. The average Bonchev–Trinajstić information content (AvgIpc) is 2.60. The van der Waals surface area contributed by atoms with Crippen molar-refractivity contribution in [2.24, 2.45) is 0 Å². The molecule has 2 aromatic carbocycles. The molecule has 0 spiro atoms. The van der Waals surface area contributed by atoms with Crippen LogP contribution in [0.2, 0.25) is 0 Å². The quantitative estimate of drug-likeness (QED) is 0.928. The van der Waals surface area contributed by atoms with E-state index in [9.17, 15) is 9.90 Å². The molecule has 1 heterocycles. The fraction of sp³-hybridized carbons (Fsp3) is 0.278. The van der Waals surface area contributed by atoms with Gasteiger partial charge in [-0.05, 0) is 17.7 Å². The van der Waals surface area contributed by atoms with Gasteiger partial charge in [-0.1, -0.05) is 12.1 Å². The van der Waals surface area contributed by atoms with Crippen LogP contribution < -0.4 is 18.9 Å². The maximum Gasteiger partial charge on any atom is 0.204 e. The lowest BCUT2D eigenvalue weighted by molar-refractivity contribution is 0.0842. The Balaban J connectivity index is 2.07. The Morgan fingerprint density at radius 1 is 1.04 bits per heavy atom. The van der Waals surface area contributed by atoms with Crippen molar-refractivity contribution in [2.45, 2.75) is 12.5 Å². The van der Waals surface area contributed by atoms with Crippen molar-refractivity contribution in [1.29, 1.82) is 0 Å². The largest absolute Gasteiger partial charge is 0.508 e. The number of aromatic hydroxyl groups is 1. The van der Waals surface area contributed by atoms with Crippen molar-refractivity contribution < 1.29 is 28.8 Å². The number of methoxy groups -OCH3 is 3. The van der Waals surface area contributed by atoms with Crippen LogP contribution >= 0.6 is 0 Å². The lowest BCUT2D eigenvalue weighted by atomic mass is 9.95. The fourth-order valence-corrected chi connectivity index (χ4v) is 2.83. The summed E-state index contributed by atoms with van der Waals surface area (Å²) in [4.78, 5) is 12.7. The first-order valence-electron chi connectivity index (χ1n) is 7.40. The predicted molar refractivity (Wildman–Crippen MR) is 86.5 cm³/mol. The Bertz CT molecular complexity index is 766. The Morgan fingerprint density at radius 3 is 2.29 bits per heavy atom. The number of benzene rings is 2. The third-order valence-corrected chi connectivity index (χ3v) is 3.98. The molecule has 0 fully saturated rings. The van der Waals surface area contributed by atoms with Gasteiger partial charge >= 0.3 is 0 Å². The van der Waals surface area contributed by atoms with E-state index in [1.165, 1.54) is 21.3 Å². The molecule has 0 amide bonds. The normalized spacial score (nSPS) is 16.1. The zero-order valence-corrected chi connectivity index (χ0v) is 13.7. The number of Topliss-reactive ketones (excluding diaryl/α,β-unsaturated/α-hetero) is 1. The average molecular weight is 330 g/mol. The first-order valence-corrected chi connectivity index (χ1v) is 7.40. The first-order chi connectivity index (χ1) is 11.6. The molecule has 0 saturated carbocycles. The van der Waals surface area contributed by atoms with Gasteiger partial charge in [-0.3, -0.25) is 4.79 Å². The summed E-state index contributed by atoms with van der Waals surface area (Å²) in [5.74, 6) is 1.53. The van der Waals surface area contributed by atoms with E-state index < -0.39 is 6.10 Å². The van der Waals surface area contributed by atoms with E-state index >= 15 is 0 Å². The lowest BCUT2D eigenvalue weighted by Gasteiger charge is -2.28. The standard InChI is InChI=1S/C18H18O6/c1-21-15-9-14-16(18(23-3)17(15)22-2)12(20)8-13(24-14)10-4-6-11(19)7-5-10/h4-7,9,13,19H,8H2,1-3H3/t13-/m1/s1. The lowest BCUT2D eigenvalue weighted by Crippen LogP contribution is -2.21. The number of carbonyl (C=O) groups excluding carboxylic acids is 1. The minimum atomic E-state index is -0.437. The van der Waals surface area contributed by atoms with Gasteiger partial charge in [0.05, 0.1) is 27.8 Å². The molecule has 0 aromatic heterocycles. The molecule has 1 aliphatic rings. The van der Waals surface area contributed by atoms with Crippen LogP contribution in [0.25, 0.3) is 0 Å². The summed E-state index contributed by atoms with van der Waals surface area (Å²) in [5, 5.41) is 9.40. The molecule has 3 rings (SSSR count). The van der Waals surface area contributed by atoms with Gasteiger partial charge in [0.15, 0.2) is 17.3 Å². The molecular formula is C18H18O6. The second-order valence-corrected chi connectivity index (χ2v) is 5.34. The van der Waals surface area contributed by atoms with E-state index in [1.807, 2.05) is 0 Å². The summed E-state index contributed by atoms with van der Waals surface area (Å²) in [6.45, 7) is 0. The molecule has 6 nitrogen and oxygen atoms in total. The fourth-order valence-electron chi connectivity index (χ4n) is 2.83. The zero-order valence-electron chi connectivity index (χ0n) is 13.7. The molecule has 1 N–H and O–H groups in total. The van der Waals surface area contributed by atoms with Crippen LogP contribution in [0.15, 0.2) is 30.3 Å². The molecule has 1 atom stereocenters. The smallest absolute Gasteiger partial charge is 0.204 e. The highest BCUT2D eigenvalue weighted by atomic mass is 16.5. The van der Waals surface area contributed by atoms with E-state index in [2.05, 4.69) is 0 Å². The van der Waals surface area contributed by atoms with E-state index in [4.69, 9.17) is 18.9 Å². The van der Waals surface area contributed by atoms with Gasteiger partial charge in [0.25, 0.3) is 0 Å². The molecule has 0 unspecified atom stereocenters. The molecule has 24 heavy (non-hydrogen) atoms. The van der Waals surface area contributed by atoms with E-state index in [-0.39, 0.29) is 18.0 Å². The molecule has 0 aliphatic carbocycles. The molecule has 0 bridgehead atoms. The highest BCUT2D eigenvalue weighted by Gasteiger charge is 2.34. The van der Waals surface area contributed by atoms with Crippen molar-refractivity contribution in [2.75, 3.05) is 21.3 Å². The number of fused-ring (bicyclic) bond motifs is 1. The van der Waals surface area contributed by atoms with Crippen LogP contribution in [0.4, 0.5) is 0 Å². The van der Waals surface area contributed by atoms with Crippen LogP contribution in [0.1, 0.15) is 28.4 Å². The van der Waals surface area contributed by atoms with Gasteiger partial charge in [-0.2, -0.15) is 0 Å². The Hall–Kier alpha value is -2.89. The molecular weight excluding hydrogens is 312 g/mol. The van der Waals surface area contributed by atoms with Gasteiger partial charge in [0.1, 0.15) is 23.2 Å². The van der Waals surface area contributed by atoms with Crippen molar-refractivity contribution in [3.63, 3.8) is 0 Å². The number of phenolic OH excluding ortho intramolecular Hbond substituents is 1. The van der Waals surface area contributed by atoms with E-state index in [0.29, 0.717) is 28.6 Å². The number of phenols is 1. The van der Waals surface area contributed by atoms with Crippen molar-refractivity contribution in [3.8, 4) is 28.7 Å². The summed E-state index contributed by atoms with van der Waals surface area (Å²) in [5.41, 5.74) is 1.16. The number of ketones is 1. The molecule has 1 aliphatic heterocycles. The van der Waals surface area contributed by atoms with Crippen LogP contribution in [0.5, 0.6) is 28.7 Å². The maximum absolute atomic E-state index is 12.7. The number of carbonyl (C=O) groups is 1. The number of hydrogen-bond acceptors (Lipinski definition) is 6. The predicted octanol–water partition coefficient (Wildman–Crippen LogP) is 3.12. The molecule has 6 heteroatoms. The molecule has 0 radical (unpaired) electrons. The summed E-state index contributed by atoms with van der Waals surface area (Å²) in [6.07, 6.45) is -0.266. The van der Waals surface area contributed by atoms with Crippen LogP contribution in [0, 0.1) is 0 Å². The van der Waals surface area contributed by atoms with Gasteiger partial charge in [-0.25, -0.2) is 0 Å². The van der Waals surface area contributed by atoms with Crippen molar-refractivity contribution >= 4 is 5.78 Å². The number of ether oxygens (including phenoxy) is 4. The van der Waals surface area contributed by atoms with Gasteiger partial charge in [-0.15, -0.1) is 0 Å². The highest BCUT2D eigenvalue weighted by Crippen LogP contribution is 2.49. The van der Waals surface area contributed by atoms with Crippen molar-refractivity contribution in [1.82, 2.24) is 0 Å². The SMILES string of the molecule is COc1cc2c(c(OC)c1OC)C(=O)C[C@H](c1ccc(O)cc1)O2. The first kappa shape index (κ1) is 16.0. The third kappa shape index (κ3) is 2.60. The van der Waals surface area contributed by atoms with Crippen LogP contribution in [-0.2, 0) is 0 Å². The van der Waals surface area contributed by atoms with Gasteiger partial charge in [0, 0.05) is 6.07 Å². The van der Waals surface area contributed by atoms with Gasteiger partial charge < -0.3 is 24.1 Å². The van der Waals surface area contributed by atoms with E-state index in [0.717, 1.165) is 5.56 Å². The minimum absolute atomic E-state index is 0.105. The summed E-state index contributed by atoms with van der Waals surface area (Å²) in [6, 6.07) is 8.22. The van der Waals surface area contributed by atoms with Gasteiger partial charge in [0.2, 0.25) is 5.75 Å². The third-order valence-electron chi connectivity index (χ3n) is 3.98.